The van der Waals surface area contributed by atoms with E-state index in [4.69, 9.17) is 9.29 Å². The lowest BCUT2D eigenvalue weighted by atomic mass is 10.3. The monoisotopic (exact) mass is 256 g/mol. The van der Waals surface area contributed by atoms with Gasteiger partial charge in [-0.2, -0.15) is 8.42 Å². The van der Waals surface area contributed by atoms with Crippen molar-refractivity contribution in [3.8, 4) is 11.5 Å². The molecule has 0 bridgehead atoms. The summed E-state index contributed by atoms with van der Waals surface area (Å²) >= 11 is 1.09. The molecule has 1 N–H and O–H groups in total. The van der Waals surface area contributed by atoms with Crippen molar-refractivity contribution in [2.45, 2.75) is 4.21 Å². The van der Waals surface area contributed by atoms with Gasteiger partial charge < -0.3 is 9.29 Å². The van der Waals surface area contributed by atoms with Crippen LogP contribution in [0.2, 0.25) is 0 Å². The van der Waals surface area contributed by atoms with E-state index in [1.54, 1.807) is 11.4 Å². The smallest absolute Gasteiger partial charge is 0.348 e. The van der Waals surface area contributed by atoms with Gasteiger partial charge in [0.2, 0.25) is 0 Å². The first kappa shape index (κ1) is 11.0. The molecule has 2 rings (SSSR count). The van der Waals surface area contributed by atoms with Crippen molar-refractivity contribution >= 4 is 21.5 Å². The summed E-state index contributed by atoms with van der Waals surface area (Å²) in [5.41, 5.74) is 0. The fraction of sp³-hybridized carbons (Fsp3) is 0. The molecule has 0 fully saturated rings. The SMILES string of the molecule is O=S(=O)(Oc1ccc(O)cc1)c1cccs1. The fourth-order valence-electron chi connectivity index (χ4n) is 1.08. The molecular weight excluding hydrogens is 248 g/mol. The Morgan fingerprint density at radius 3 is 2.38 bits per heavy atom. The van der Waals surface area contributed by atoms with Crippen molar-refractivity contribution in [3.63, 3.8) is 0 Å². The third-order valence-electron chi connectivity index (χ3n) is 1.78. The lowest BCUT2D eigenvalue weighted by Crippen LogP contribution is -2.07. The number of aromatic hydroxyl groups is 1. The van der Waals surface area contributed by atoms with Crippen LogP contribution in [-0.4, -0.2) is 13.5 Å². The van der Waals surface area contributed by atoms with Crippen LogP contribution >= 0.6 is 11.3 Å². The van der Waals surface area contributed by atoms with Crippen molar-refractivity contribution in [1.82, 2.24) is 0 Å². The van der Waals surface area contributed by atoms with E-state index in [9.17, 15) is 8.42 Å². The van der Waals surface area contributed by atoms with Gasteiger partial charge in [0.1, 0.15) is 11.5 Å². The molecule has 2 aromatic rings. The zero-order valence-electron chi connectivity index (χ0n) is 8.03. The zero-order chi connectivity index (χ0) is 11.6. The Bertz CT molecular complexity index is 555. The molecule has 0 aliphatic rings. The van der Waals surface area contributed by atoms with Gasteiger partial charge in [0.25, 0.3) is 0 Å². The lowest BCUT2D eigenvalue weighted by Gasteiger charge is -2.04. The van der Waals surface area contributed by atoms with Crippen molar-refractivity contribution < 1.29 is 17.7 Å². The van der Waals surface area contributed by atoms with Crippen LogP contribution in [0.4, 0.5) is 0 Å². The maximum atomic E-state index is 11.7. The second-order valence-electron chi connectivity index (χ2n) is 2.96. The number of phenols is 1. The van der Waals surface area contributed by atoms with Crippen molar-refractivity contribution in [3.05, 3.63) is 41.8 Å². The summed E-state index contributed by atoms with van der Waals surface area (Å²) in [6.45, 7) is 0. The largest absolute Gasteiger partial charge is 0.508 e. The molecule has 0 atom stereocenters. The van der Waals surface area contributed by atoms with E-state index in [0.29, 0.717) is 0 Å². The average molecular weight is 256 g/mol. The van der Waals surface area contributed by atoms with Crippen LogP contribution in [-0.2, 0) is 10.1 Å². The van der Waals surface area contributed by atoms with Crippen LogP contribution in [0.25, 0.3) is 0 Å². The molecule has 1 aromatic carbocycles. The zero-order valence-corrected chi connectivity index (χ0v) is 9.66. The van der Waals surface area contributed by atoms with E-state index in [1.807, 2.05) is 0 Å². The van der Waals surface area contributed by atoms with Crippen LogP contribution < -0.4 is 4.18 Å². The van der Waals surface area contributed by atoms with Crippen molar-refractivity contribution in [1.29, 1.82) is 0 Å². The van der Waals surface area contributed by atoms with E-state index in [1.165, 1.54) is 30.3 Å². The van der Waals surface area contributed by atoms with Gasteiger partial charge in [-0.15, -0.1) is 11.3 Å². The third-order valence-corrected chi connectivity index (χ3v) is 4.39. The van der Waals surface area contributed by atoms with E-state index in [2.05, 4.69) is 0 Å². The summed E-state index contributed by atoms with van der Waals surface area (Å²) in [5, 5.41) is 10.7. The summed E-state index contributed by atoms with van der Waals surface area (Å²) in [6, 6.07) is 8.61. The lowest BCUT2D eigenvalue weighted by molar-refractivity contribution is 0.469. The number of rotatable bonds is 3. The van der Waals surface area contributed by atoms with Gasteiger partial charge >= 0.3 is 10.1 Å². The van der Waals surface area contributed by atoms with Crippen LogP contribution in [0.1, 0.15) is 0 Å². The predicted octanol–water partition coefficient (Wildman–Crippen LogP) is 2.22. The topological polar surface area (TPSA) is 63.6 Å². The number of hydrogen-bond donors (Lipinski definition) is 1. The van der Waals surface area contributed by atoms with Gasteiger partial charge in [-0.05, 0) is 35.7 Å². The first-order chi connectivity index (χ1) is 7.58. The predicted molar refractivity (Wildman–Crippen MR) is 60.2 cm³/mol. The Balaban J connectivity index is 2.25. The summed E-state index contributed by atoms with van der Waals surface area (Å²) in [4.78, 5) is 0. The highest BCUT2D eigenvalue weighted by Gasteiger charge is 2.17. The summed E-state index contributed by atoms with van der Waals surface area (Å²) in [5.74, 6) is 0.229. The Morgan fingerprint density at radius 2 is 1.81 bits per heavy atom. The molecule has 84 valence electrons. The molecule has 0 aliphatic heterocycles. The molecule has 0 amide bonds. The molecule has 0 spiro atoms. The minimum atomic E-state index is -3.75. The van der Waals surface area contributed by atoms with E-state index in [0.717, 1.165) is 11.3 Å². The molecule has 0 unspecified atom stereocenters. The molecule has 1 aromatic heterocycles. The molecule has 0 aliphatic carbocycles. The van der Waals surface area contributed by atoms with E-state index in [-0.39, 0.29) is 15.7 Å². The number of benzene rings is 1. The molecule has 16 heavy (non-hydrogen) atoms. The number of phenolic OH excluding ortho intramolecular Hbond substituents is 1. The first-order valence-corrected chi connectivity index (χ1v) is 6.64. The van der Waals surface area contributed by atoms with Gasteiger partial charge in [-0.3, -0.25) is 0 Å². The molecule has 1 heterocycles. The van der Waals surface area contributed by atoms with Crippen LogP contribution in [0.15, 0.2) is 46.0 Å². The highest BCUT2D eigenvalue weighted by atomic mass is 32.3. The minimum absolute atomic E-state index is 0.0564. The van der Waals surface area contributed by atoms with Gasteiger partial charge in [0.15, 0.2) is 4.21 Å². The normalized spacial score (nSPS) is 11.2. The highest BCUT2D eigenvalue weighted by molar-refractivity contribution is 7.89. The summed E-state index contributed by atoms with van der Waals surface area (Å²) in [7, 11) is -3.75. The van der Waals surface area contributed by atoms with Gasteiger partial charge in [0, 0.05) is 0 Å². The Kier molecular flexibility index (Phi) is 2.84. The first-order valence-electron chi connectivity index (χ1n) is 4.35. The number of hydrogen-bond acceptors (Lipinski definition) is 5. The van der Waals surface area contributed by atoms with Crippen molar-refractivity contribution in [2.24, 2.45) is 0 Å². The fourth-order valence-corrected chi connectivity index (χ4v) is 2.96. The van der Waals surface area contributed by atoms with Crippen LogP contribution in [0.5, 0.6) is 11.5 Å². The maximum absolute atomic E-state index is 11.7. The molecular formula is C10H8O4S2. The van der Waals surface area contributed by atoms with Crippen LogP contribution in [0.3, 0.4) is 0 Å². The number of thiophene rings is 1. The Morgan fingerprint density at radius 1 is 1.12 bits per heavy atom. The van der Waals surface area contributed by atoms with E-state index >= 15 is 0 Å². The second-order valence-corrected chi connectivity index (χ2v) is 5.68. The highest BCUT2D eigenvalue weighted by Crippen LogP contribution is 2.23. The van der Waals surface area contributed by atoms with E-state index < -0.39 is 10.1 Å². The summed E-state index contributed by atoms with van der Waals surface area (Å²) in [6.07, 6.45) is 0. The van der Waals surface area contributed by atoms with Gasteiger partial charge in [0.05, 0.1) is 0 Å². The minimum Gasteiger partial charge on any atom is -0.508 e. The molecule has 0 saturated heterocycles. The second kappa shape index (κ2) is 4.15. The van der Waals surface area contributed by atoms with Crippen molar-refractivity contribution in [2.75, 3.05) is 0 Å². The molecule has 0 saturated carbocycles. The van der Waals surface area contributed by atoms with Gasteiger partial charge in [-0.1, -0.05) is 6.07 Å². The third kappa shape index (κ3) is 2.34. The summed E-state index contributed by atoms with van der Waals surface area (Å²) < 4.78 is 28.4. The Labute approximate surface area is 96.9 Å². The Hall–Kier alpha value is -1.53. The van der Waals surface area contributed by atoms with Gasteiger partial charge in [-0.25, -0.2) is 0 Å². The standard InChI is InChI=1S/C10H8O4S2/c11-8-3-5-9(6-4-8)14-16(12,13)10-2-1-7-15-10/h1-7,11H. The maximum Gasteiger partial charge on any atom is 0.348 e. The van der Waals surface area contributed by atoms with Crippen LogP contribution in [0, 0.1) is 0 Å². The molecule has 0 radical (unpaired) electrons. The molecule has 4 nitrogen and oxygen atoms in total. The average Bonchev–Trinajstić information content (AvgIpc) is 2.75. The quantitative estimate of drug-likeness (QED) is 0.855. The molecule has 6 heteroatoms.